The Hall–Kier alpha value is -0.960. The van der Waals surface area contributed by atoms with Gasteiger partial charge >= 0.3 is 0 Å². The average Bonchev–Trinajstić information content (AvgIpc) is 3.02. The molecule has 3 heteroatoms. The Kier molecular flexibility index (Phi) is 3.31. The molecule has 1 fully saturated rings. The number of aryl methyl sites for hydroxylation is 1. The molecule has 0 unspecified atom stereocenters. The maximum atomic E-state index is 13.2. The Balaban J connectivity index is 1.78. The van der Waals surface area contributed by atoms with Crippen LogP contribution in [0, 0.1) is 11.6 Å². The second kappa shape index (κ2) is 4.71. The summed E-state index contributed by atoms with van der Waals surface area (Å²) in [4.78, 5) is 0. The van der Waals surface area contributed by atoms with Crippen molar-refractivity contribution < 1.29 is 8.78 Å². The third-order valence-corrected chi connectivity index (χ3v) is 2.66. The van der Waals surface area contributed by atoms with Crippen molar-refractivity contribution in [3.63, 3.8) is 0 Å². The molecule has 2 rings (SSSR count). The van der Waals surface area contributed by atoms with Gasteiger partial charge in [0.05, 0.1) is 0 Å². The summed E-state index contributed by atoms with van der Waals surface area (Å²) in [6.07, 6.45) is 3.98. The standard InChI is InChI=1S/C12H15F2N/c13-11-5-1-3-9(12(11)14)4-2-8-15-10-6-7-10/h1,3,5,10,15H,2,4,6-8H2. The quantitative estimate of drug-likeness (QED) is 0.738. The van der Waals surface area contributed by atoms with Crippen molar-refractivity contribution in [1.29, 1.82) is 0 Å². The van der Waals surface area contributed by atoms with E-state index in [1.165, 1.54) is 12.8 Å². The molecule has 82 valence electrons. The first-order valence-electron chi connectivity index (χ1n) is 5.43. The molecule has 0 atom stereocenters. The first kappa shape index (κ1) is 10.6. The second-order valence-electron chi connectivity index (χ2n) is 4.04. The van der Waals surface area contributed by atoms with E-state index in [9.17, 15) is 8.78 Å². The zero-order valence-electron chi connectivity index (χ0n) is 8.60. The highest BCUT2D eigenvalue weighted by Gasteiger charge is 2.19. The summed E-state index contributed by atoms with van der Waals surface area (Å²) in [6.45, 7) is 0.890. The fraction of sp³-hybridized carbons (Fsp3) is 0.500. The van der Waals surface area contributed by atoms with E-state index in [0.29, 0.717) is 18.0 Å². The molecule has 0 spiro atoms. The number of hydrogen-bond donors (Lipinski definition) is 1. The van der Waals surface area contributed by atoms with Gasteiger partial charge in [-0.1, -0.05) is 12.1 Å². The van der Waals surface area contributed by atoms with Gasteiger partial charge in [-0.2, -0.15) is 0 Å². The SMILES string of the molecule is Fc1cccc(CCCNC2CC2)c1F. The van der Waals surface area contributed by atoms with E-state index < -0.39 is 11.6 Å². The molecule has 1 saturated carbocycles. The number of halogens is 2. The van der Waals surface area contributed by atoms with E-state index >= 15 is 0 Å². The number of nitrogens with one attached hydrogen (secondary N) is 1. The average molecular weight is 211 g/mol. The Morgan fingerprint density at radius 1 is 1.27 bits per heavy atom. The molecule has 0 aromatic heterocycles. The topological polar surface area (TPSA) is 12.0 Å². The highest BCUT2D eigenvalue weighted by atomic mass is 19.2. The van der Waals surface area contributed by atoms with Gasteiger partial charge in [0.25, 0.3) is 0 Å². The van der Waals surface area contributed by atoms with Crippen molar-refractivity contribution in [2.24, 2.45) is 0 Å². The van der Waals surface area contributed by atoms with Crippen LogP contribution in [-0.4, -0.2) is 12.6 Å². The van der Waals surface area contributed by atoms with Crippen molar-refractivity contribution in [3.8, 4) is 0 Å². The predicted octanol–water partition coefficient (Wildman–Crippen LogP) is 2.65. The molecule has 1 aromatic rings. The van der Waals surface area contributed by atoms with E-state index in [-0.39, 0.29) is 0 Å². The molecular weight excluding hydrogens is 196 g/mol. The highest BCUT2D eigenvalue weighted by molar-refractivity contribution is 5.18. The van der Waals surface area contributed by atoms with Crippen LogP contribution in [0.1, 0.15) is 24.8 Å². The molecule has 1 aliphatic carbocycles. The summed E-state index contributed by atoms with van der Waals surface area (Å²) in [5.74, 6) is -1.44. The van der Waals surface area contributed by atoms with Crippen LogP contribution >= 0.6 is 0 Å². The largest absolute Gasteiger partial charge is 0.314 e. The Morgan fingerprint density at radius 3 is 2.80 bits per heavy atom. The van der Waals surface area contributed by atoms with Gasteiger partial charge in [-0.05, 0) is 43.9 Å². The lowest BCUT2D eigenvalue weighted by molar-refractivity contribution is 0.496. The lowest BCUT2D eigenvalue weighted by Crippen LogP contribution is -2.18. The van der Waals surface area contributed by atoms with Crippen molar-refractivity contribution in [2.75, 3.05) is 6.54 Å². The molecule has 1 aliphatic rings. The maximum absolute atomic E-state index is 13.2. The van der Waals surface area contributed by atoms with Gasteiger partial charge < -0.3 is 5.32 Å². The third-order valence-electron chi connectivity index (χ3n) is 2.66. The van der Waals surface area contributed by atoms with E-state index in [2.05, 4.69) is 5.32 Å². The Bertz CT molecular complexity index is 334. The maximum Gasteiger partial charge on any atom is 0.162 e. The summed E-state index contributed by atoms with van der Waals surface area (Å²) in [5.41, 5.74) is 0.479. The van der Waals surface area contributed by atoms with Crippen molar-refractivity contribution in [1.82, 2.24) is 5.32 Å². The molecule has 0 radical (unpaired) electrons. The molecule has 0 saturated heterocycles. The highest BCUT2D eigenvalue weighted by Crippen LogP contribution is 2.18. The molecule has 0 heterocycles. The lowest BCUT2D eigenvalue weighted by atomic mass is 10.1. The lowest BCUT2D eigenvalue weighted by Gasteiger charge is -2.04. The molecule has 0 bridgehead atoms. The van der Waals surface area contributed by atoms with Crippen LogP contribution in [0.3, 0.4) is 0 Å². The fourth-order valence-electron chi connectivity index (χ4n) is 1.61. The number of hydrogen-bond acceptors (Lipinski definition) is 1. The molecule has 0 amide bonds. The molecule has 1 N–H and O–H groups in total. The zero-order valence-corrected chi connectivity index (χ0v) is 8.60. The Labute approximate surface area is 88.5 Å². The first-order chi connectivity index (χ1) is 7.27. The summed E-state index contributed by atoms with van der Waals surface area (Å²) in [7, 11) is 0. The van der Waals surface area contributed by atoms with Gasteiger partial charge in [-0.3, -0.25) is 0 Å². The second-order valence-corrected chi connectivity index (χ2v) is 4.04. The van der Waals surface area contributed by atoms with E-state index in [1.807, 2.05) is 0 Å². The van der Waals surface area contributed by atoms with Crippen molar-refractivity contribution >= 4 is 0 Å². The zero-order chi connectivity index (χ0) is 10.7. The van der Waals surface area contributed by atoms with Crippen molar-refractivity contribution in [3.05, 3.63) is 35.4 Å². The molecular formula is C12H15F2N. The van der Waals surface area contributed by atoms with E-state index in [4.69, 9.17) is 0 Å². The predicted molar refractivity (Wildman–Crippen MR) is 55.7 cm³/mol. The fourth-order valence-corrected chi connectivity index (χ4v) is 1.61. The molecule has 1 aromatic carbocycles. The van der Waals surface area contributed by atoms with E-state index in [0.717, 1.165) is 19.0 Å². The normalized spacial score (nSPS) is 15.6. The van der Waals surface area contributed by atoms with Crippen LogP contribution in [0.25, 0.3) is 0 Å². The molecule has 0 aliphatic heterocycles. The minimum Gasteiger partial charge on any atom is -0.314 e. The van der Waals surface area contributed by atoms with E-state index in [1.54, 1.807) is 12.1 Å². The number of rotatable bonds is 5. The minimum absolute atomic E-state index is 0.479. The summed E-state index contributed by atoms with van der Waals surface area (Å²) in [5, 5.41) is 3.34. The number of benzene rings is 1. The van der Waals surface area contributed by atoms with Crippen LogP contribution in [0.15, 0.2) is 18.2 Å². The van der Waals surface area contributed by atoms with Crippen LogP contribution < -0.4 is 5.32 Å². The van der Waals surface area contributed by atoms with Crippen LogP contribution in [0.5, 0.6) is 0 Å². The summed E-state index contributed by atoms with van der Waals surface area (Å²) in [6, 6.07) is 5.04. The smallest absolute Gasteiger partial charge is 0.162 e. The van der Waals surface area contributed by atoms with Crippen LogP contribution in [0.4, 0.5) is 8.78 Å². The monoisotopic (exact) mass is 211 g/mol. The van der Waals surface area contributed by atoms with Crippen molar-refractivity contribution in [2.45, 2.75) is 31.7 Å². The van der Waals surface area contributed by atoms with Gasteiger partial charge in [-0.25, -0.2) is 8.78 Å². The van der Waals surface area contributed by atoms with Gasteiger partial charge in [0.2, 0.25) is 0 Å². The van der Waals surface area contributed by atoms with Gasteiger partial charge in [0, 0.05) is 6.04 Å². The third kappa shape index (κ3) is 2.99. The minimum atomic E-state index is -0.748. The van der Waals surface area contributed by atoms with Crippen LogP contribution in [-0.2, 0) is 6.42 Å². The summed E-state index contributed by atoms with van der Waals surface area (Å²) < 4.78 is 26.0. The van der Waals surface area contributed by atoms with Gasteiger partial charge in [0.15, 0.2) is 11.6 Å². The Morgan fingerprint density at radius 2 is 2.07 bits per heavy atom. The van der Waals surface area contributed by atoms with Gasteiger partial charge in [0.1, 0.15) is 0 Å². The molecule has 1 nitrogen and oxygen atoms in total. The van der Waals surface area contributed by atoms with Crippen LogP contribution in [0.2, 0.25) is 0 Å². The molecule has 15 heavy (non-hydrogen) atoms. The van der Waals surface area contributed by atoms with Gasteiger partial charge in [-0.15, -0.1) is 0 Å². The first-order valence-corrected chi connectivity index (χ1v) is 5.43. The summed E-state index contributed by atoms with van der Waals surface area (Å²) >= 11 is 0.